The lowest BCUT2D eigenvalue weighted by atomic mass is 10.1. The molecule has 20 heavy (non-hydrogen) atoms. The number of nitrogens with one attached hydrogen (secondary N) is 2. The fourth-order valence-corrected chi connectivity index (χ4v) is 1.68. The van der Waals surface area contributed by atoms with E-state index in [4.69, 9.17) is 0 Å². The van der Waals surface area contributed by atoms with Gasteiger partial charge in [-0.2, -0.15) is 5.21 Å². The number of carbonyl (C=O) groups excluding carboxylic acids is 1. The van der Waals surface area contributed by atoms with Crippen molar-refractivity contribution in [3.05, 3.63) is 45.3 Å². The highest BCUT2D eigenvalue weighted by Gasteiger charge is 2.22. The average Bonchev–Trinajstić information content (AvgIpc) is 2.92. The number of carbonyl (C=O) groups is 1. The van der Waals surface area contributed by atoms with Gasteiger partial charge in [0, 0.05) is 6.07 Å². The molecule has 0 spiro atoms. The number of hydrogen-bond acceptors (Lipinski definition) is 6. The number of aromatic amines is 1. The Morgan fingerprint density at radius 1 is 1.50 bits per heavy atom. The molecule has 0 aliphatic carbocycles. The number of rotatable bonds is 4. The Morgan fingerprint density at radius 3 is 2.85 bits per heavy atom. The van der Waals surface area contributed by atoms with Crippen molar-refractivity contribution in [2.24, 2.45) is 0 Å². The van der Waals surface area contributed by atoms with Crippen molar-refractivity contribution in [1.82, 2.24) is 25.9 Å². The van der Waals surface area contributed by atoms with Gasteiger partial charge in [0.15, 0.2) is 5.82 Å². The van der Waals surface area contributed by atoms with Crippen LogP contribution in [0, 0.1) is 17.0 Å². The smallest absolute Gasteiger partial charge is 0.282 e. The number of hydrogen-bond donors (Lipinski definition) is 2. The van der Waals surface area contributed by atoms with Crippen molar-refractivity contribution >= 4 is 11.6 Å². The summed E-state index contributed by atoms with van der Waals surface area (Å²) in [4.78, 5) is 22.5. The van der Waals surface area contributed by atoms with Crippen LogP contribution in [0.25, 0.3) is 0 Å². The van der Waals surface area contributed by atoms with Crippen LogP contribution in [0.2, 0.25) is 0 Å². The van der Waals surface area contributed by atoms with Crippen LogP contribution in [-0.2, 0) is 0 Å². The molecule has 0 aliphatic heterocycles. The van der Waals surface area contributed by atoms with Crippen molar-refractivity contribution in [3.63, 3.8) is 0 Å². The third-order valence-corrected chi connectivity index (χ3v) is 2.69. The molecule has 9 heteroatoms. The van der Waals surface area contributed by atoms with Crippen LogP contribution in [0.3, 0.4) is 0 Å². The molecular weight excluding hydrogens is 264 g/mol. The van der Waals surface area contributed by atoms with Gasteiger partial charge in [-0.05, 0) is 25.5 Å². The van der Waals surface area contributed by atoms with Crippen LogP contribution in [0.5, 0.6) is 0 Å². The number of H-pyrrole nitrogens is 1. The number of aryl methyl sites for hydroxylation is 1. The first-order valence-corrected chi connectivity index (χ1v) is 5.78. The van der Waals surface area contributed by atoms with E-state index >= 15 is 0 Å². The van der Waals surface area contributed by atoms with E-state index in [1.807, 2.05) is 0 Å². The molecule has 1 amide bonds. The predicted molar refractivity (Wildman–Crippen MR) is 67.9 cm³/mol. The monoisotopic (exact) mass is 276 g/mol. The molecule has 0 fully saturated rings. The van der Waals surface area contributed by atoms with Crippen LogP contribution in [0.1, 0.15) is 34.7 Å². The van der Waals surface area contributed by atoms with Crippen LogP contribution in [0.15, 0.2) is 18.2 Å². The first-order chi connectivity index (χ1) is 9.49. The lowest BCUT2D eigenvalue weighted by Crippen LogP contribution is -2.28. The lowest BCUT2D eigenvalue weighted by molar-refractivity contribution is -0.385. The molecule has 0 aliphatic rings. The molecule has 104 valence electrons. The summed E-state index contributed by atoms with van der Waals surface area (Å²) in [6, 6.07) is 3.85. The Hall–Kier alpha value is -2.84. The summed E-state index contributed by atoms with van der Waals surface area (Å²) in [5.41, 5.74) is 0.520. The van der Waals surface area contributed by atoms with Gasteiger partial charge >= 0.3 is 0 Å². The zero-order chi connectivity index (χ0) is 14.7. The zero-order valence-corrected chi connectivity index (χ0v) is 10.8. The standard InChI is InChI=1S/C11H12N6O3/c1-6-3-4-9(17(19)20)8(5-6)11(18)12-7(2)10-13-15-16-14-10/h3-5,7H,1-2H3,(H,12,18)(H,13,14,15,16). The second kappa shape index (κ2) is 5.43. The highest BCUT2D eigenvalue weighted by molar-refractivity contribution is 5.98. The Morgan fingerprint density at radius 2 is 2.25 bits per heavy atom. The van der Waals surface area contributed by atoms with E-state index in [1.54, 1.807) is 19.9 Å². The number of benzene rings is 1. The quantitative estimate of drug-likeness (QED) is 0.631. The molecule has 2 aromatic rings. The second-order valence-electron chi connectivity index (χ2n) is 4.24. The van der Waals surface area contributed by atoms with Gasteiger partial charge in [-0.1, -0.05) is 11.3 Å². The molecule has 9 nitrogen and oxygen atoms in total. The van der Waals surface area contributed by atoms with E-state index in [9.17, 15) is 14.9 Å². The number of nitrogens with zero attached hydrogens (tertiary/aromatic N) is 4. The van der Waals surface area contributed by atoms with Gasteiger partial charge < -0.3 is 5.32 Å². The highest BCUT2D eigenvalue weighted by Crippen LogP contribution is 2.20. The fourth-order valence-electron chi connectivity index (χ4n) is 1.68. The molecule has 1 aromatic heterocycles. The zero-order valence-electron chi connectivity index (χ0n) is 10.8. The summed E-state index contributed by atoms with van der Waals surface area (Å²) in [5, 5.41) is 26.7. The van der Waals surface area contributed by atoms with E-state index < -0.39 is 16.9 Å². The number of nitro benzene ring substituents is 1. The summed E-state index contributed by atoms with van der Waals surface area (Å²) < 4.78 is 0. The van der Waals surface area contributed by atoms with Gasteiger partial charge in [0.2, 0.25) is 0 Å². The maximum absolute atomic E-state index is 12.1. The normalized spacial score (nSPS) is 11.9. The van der Waals surface area contributed by atoms with Crippen LogP contribution in [-0.4, -0.2) is 31.5 Å². The molecule has 1 heterocycles. The van der Waals surface area contributed by atoms with Crippen LogP contribution >= 0.6 is 0 Å². The Balaban J connectivity index is 2.25. The highest BCUT2D eigenvalue weighted by atomic mass is 16.6. The van der Waals surface area contributed by atoms with Crippen LogP contribution < -0.4 is 5.32 Å². The summed E-state index contributed by atoms with van der Waals surface area (Å²) in [6.07, 6.45) is 0. The molecule has 0 saturated carbocycles. The number of amides is 1. The number of tetrazole rings is 1. The molecule has 0 radical (unpaired) electrons. The summed E-state index contributed by atoms with van der Waals surface area (Å²) >= 11 is 0. The van der Waals surface area contributed by atoms with Gasteiger partial charge in [-0.15, -0.1) is 10.2 Å². The third-order valence-electron chi connectivity index (χ3n) is 2.69. The SMILES string of the molecule is Cc1ccc([N+](=O)[O-])c(C(=O)NC(C)c2nn[nH]n2)c1. The van der Waals surface area contributed by atoms with Crippen molar-refractivity contribution in [2.45, 2.75) is 19.9 Å². The third kappa shape index (κ3) is 2.76. The Bertz CT molecular complexity index is 640. The van der Waals surface area contributed by atoms with Gasteiger partial charge in [0.25, 0.3) is 11.6 Å². The van der Waals surface area contributed by atoms with Crippen molar-refractivity contribution in [1.29, 1.82) is 0 Å². The minimum Gasteiger partial charge on any atom is -0.342 e. The van der Waals surface area contributed by atoms with Crippen molar-refractivity contribution in [2.75, 3.05) is 0 Å². The largest absolute Gasteiger partial charge is 0.342 e. The van der Waals surface area contributed by atoms with E-state index in [0.717, 1.165) is 5.56 Å². The maximum Gasteiger partial charge on any atom is 0.282 e. The Labute approximate surface area is 113 Å². The minimum absolute atomic E-state index is 0.00495. The van der Waals surface area contributed by atoms with Gasteiger partial charge in [0.05, 0.1) is 11.0 Å². The molecule has 1 unspecified atom stereocenters. The molecule has 1 atom stereocenters. The van der Waals surface area contributed by atoms with E-state index in [-0.39, 0.29) is 11.3 Å². The summed E-state index contributed by atoms with van der Waals surface area (Å²) in [7, 11) is 0. The maximum atomic E-state index is 12.1. The average molecular weight is 276 g/mol. The number of aromatic nitrogens is 4. The first-order valence-electron chi connectivity index (χ1n) is 5.78. The fraction of sp³-hybridized carbons (Fsp3) is 0.273. The summed E-state index contributed by atoms with van der Waals surface area (Å²) in [5.74, 6) is -0.258. The lowest BCUT2D eigenvalue weighted by Gasteiger charge is -2.10. The first kappa shape index (κ1) is 13.6. The van der Waals surface area contributed by atoms with E-state index in [2.05, 4.69) is 25.9 Å². The molecule has 2 rings (SSSR count). The minimum atomic E-state index is -0.590. The second-order valence-corrected chi connectivity index (χ2v) is 4.24. The molecule has 0 bridgehead atoms. The van der Waals surface area contributed by atoms with Gasteiger partial charge in [0.1, 0.15) is 5.56 Å². The van der Waals surface area contributed by atoms with E-state index in [0.29, 0.717) is 5.82 Å². The van der Waals surface area contributed by atoms with Crippen LogP contribution in [0.4, 0.5) is 5.69 Å². The summed E-state index contributed by atoms with van der Waals surface area (Å²) in [6.45, 7) is 3.41. The van der Waals surface area contributed by atoms with E-state index in [1.165, 1.54) is 12.1 Å². The van der Waals surface area contributed by atoms with Gasteiger partial charge in [-0.3, -0.25) is 14.9 Å². The van der Waals surface area contributed by atoms with Crippen molar-refractivity contribution in [3.8, 4) is 0 Å². The molecule has 1 aromatic carbocycles. The Kier molecular flexibility index (Phi) is 3.69. The topological polar surface area (TPSA) is 127 Å². The predicted octanol–water partition coefficient (Wildman–Crippen LogP) is 0.907. The number of nitro groups is 1. The molecule has 2 N–H and O–H groups in total. The molecular formula is C11H12N6O3. The van der Waals surface area contributed by atoms with Crippen molar-refractivity contribution < 1.29 is 9.72 Å². The van der Waals surface area contributed by atoms with Gasteiger partial charge in [-0.25, -0.2) is 0 Å². The molecule has 0 saturated heterocycles.